The van der Waals surface area contributed by atoms with Crippen LogP contribution in [0.2, 0.25) is 4.34 Å². The largest absolute Gasteiger partial charge is 0.395 e. The summed E-state index contributed by atoms with van der Waals surface area (Å²) in [6.45, 7) is -0.312. The molecule has 0 atom stereocenters. The molecule has 1 fully saturated rings. The molecule has 1 N–H and O–H groups in total. The second kappa shape index (κ2) is 6.57. The van der Waals surface area contributed by atoms with Gasteiger partial charge in [0.25, 0.3) is 15.7 Å². The lowest BCUT2D eigenvalue weighted by Crippen LogP contribution is -2.40. The second-order valence-corrected chi connectivity index (χ2v) is 8.53. The minimum Gasteiger partial charge on any atom is -0.395 e. The number of aliphatic hydroxyl groups is 1. The van der Waals surface area contributed by atoms with Crippen molar-refractivity contribution in [3.8, 4) is 0 Å². The third-order valence-electron chi connectivity index (χ3n) is 3.46. The summed E-state index contributed by atoms with van der Waals surface area (Å²) < 4.78 is 26.2. The molecule has 10 heteroatoms. The number of sulfonamides is 1. The van der Waals surface area contributed by atoms with Gasteiger partial charge in [0.2, 0.25) is 0 Å². The van der Waals surface area contributed by atoms with Crippen molar-refractivity contribution in [2.45, 2.75) is 35.9 Å². The molecule has 1 saturated carbocycles. The summed E-state index contributed by atoms with van der Waals surface area (Å²) in [6, 6.07) is 0.823. The Hall–Kier alpha value is -0.740. The van der Waals surface area contributed by atoms with Crippen molar-refractivity contribution in [2.75, 3.05) is 13.2 Å². The van der Waals surface area contributed by atoms with Crippen molar-refractivity contribution in [1.82, 2.24) is 4.31 Å². The van der Waals surface area contributed by atoms with Crippen LogP contribution in [0.25, 0.3) is 0 Å². The van der Waals surface area contributed by atoms with Crippen molar-refractivity contribution in [3.05, 3.63) is 20.5 Å². The second-order valence-electron chi connectivity index (χ2n) is 4.76. The molecule has 0 saturated heterocycles. The molecule has 1 aromatic rings. The predicted octanol–water partition coefficient (Wildman–Crippen LogP) is 2.24. The first-order valence-electron chi connectivity index (χ1n) is 6.44. The van der Waals surface area contributed by atoms with Crippen molar-refractivity contribution in [1.29, 1.82) is 0 Å². The fourth-order valence-electron chi connectivity index (χ4n) is 2.50. The number of aliphatic hydroxyl groups excluding tert-OH is 1. The third-order valence-corrected chi connectivity index (χ3v) is 7.20. The molecule has 21 heavy (non-hydrogen) atoms. The van der Waals surface area contributed by atoms with Gasteiger partial charge >= 0.3 is 0 Å². The van der Waals surface area contributed by atoms with Crippen LogP contribution < -0.4 is 0 Å². The highest BCUT2D eigenvalue weighted by Crippen LogP contribution is 2.39. The molecule has 0 unspecified atom stereocenters. The minimum atomic E-state index is -3.88. The molecule has 0 radical (unpaired) electrons. The molecule has 0 amide bonds. The lowest BCUT2D eigenvalue weighted by Gasteiger charge is -2.26. The minimum absolute atomic E-state index is 0.0175. The number of nitro groups is 1. The van der Waals surface area contributed by atoms with Crippen LogP contribution in [0.1, 0.15) is 25.7 Å². The van der Waals surface area contributed by atoms with E-state index in [0.717, 1.165) is 31.7 Å². The first kappa shape index (κ1) is 16.6. The maximum atomic E-state index is 12.6. The molecule has 118 valence electrons. The van der Waals surface area contributed by atoms with E-state index in [1.54, 1.807) is 0 Å². The Morgan fingerprint density at radius 1 is 1.48 bits per heavy atom. The molecular weight excluding hydrogens is 340 g/mol. The van der Waals surface area contributed by atoms with Crippen molar-refractivity contribution in [3.63, 3.8) is 0 Å². The van der Waals surface area contributed by atoms with E-state index in [-0.39, 0.29) is 27.7 Å². The molecule has 2 rings (SSSR count). The lowest BCUT2D eigenvalue weighted by molar-refractivity contribution is -0.384. The smallest absolute Gasteiger partial charge is 0.300 e. The molecule has 0 aromatic carbocycles. The van der Waals surface area contributed by atoms with E-state index >= 15 is 0 Å². The van der Waals surface area contributed by atoms with Gasteiger partial charge in [-0.25, -0.2) is 8.42 Å². The maximum Gasteiger partial charge on any atom is 0.300 e. The van der Waals surface area contributed by atoms with Gasteiger partial charge in [-0.2, -0.15) is 4.31 Å². The Kier molecular flexibility index (Phi) is 5.20. The number of hydrogen-bond donors (Lipinski definition) is 1. The normalized spacial score (nSPS) is 16.7. The summed E-state index contributed by atoms with van der Waals surface area (Å²) in [4.78, 5) is 10.1. The van der Waals surface area contributed by atoms with Crippen LogP contribution in [0.15, 0.2) is 10.3 Å². The van der Waals surface area contributed by atoms with Crippen LogP contribution in [-0.2, 0) is 10.0 Å². The highest BCUT2D eigenvalue weighted by molar-refractivity contribution is 7.91. The van der Waals surface area contributed by atoms with E-state index < -0.39 is 20.6 Å². The zero-order valence-corrected chi connectivity index (χ0v) is 13.5. The standard InChI is InChI=1S/C11H15ClN2O5S2/c12-11-9(14(16)17)7-10(20-11)21(18,19)13(5-6-15)8-3-1-2-4-8/h7-8,15H,1-6H2. The molecule has 0 spiro atoms. The molecule has 1 aromatic heterocycles. The molecule has 1 aliphatic carbocycles. The Bertz CT molecular complexity index is 625. The van der Waals surface area contributed by atoms with E-state index in [2.05, 4.69) is 0 Å². The zero-order valence-electron chi connectivity index (χ0n) is 11.1. The van der Waals surface area contributed by atoms with E-state index in [1.807, 2.05) is 0 Å². The summed E-state index contributed by atoms with van der Waals surface area (Å²) >= 11 is 6.41. The van der Waals surface area contributed by atoms with Crippen molar-refractivity contribution < 1.29 is 18.4 Å². The number of hydrogen-bond acceptors (Lipinski definition) is 6. The van der Waals surface area contributed by atoms with Crippen LogP contribution in [0.4, 0.5) is 5.69 Å². The van der Waals surface area contributed by atoms with Gasteiger partial charge in [0.05, 0.1) is 11.5 Å². The fourth-order valence-corrected chi connectivity index (χ4v) is 5.97. The van der Waals surface area contributed by atoms with Gasteiger partial charge in [-0.1, -0.05) is 24.4 Å². The highest BCUT2D eigenvalue weighted by Gasteiger charge is 2.35. The van der Waals surface area contributed by atoms with Gasteiger partial charge in [0.1, 0.15) is 4.21 Å². The Morgan fingerprint density at radius 2 is 2.10 bits per heavy atom. The predicted molar refractivity (Wildman–Crippen MR) is 79.2 cm³/mol. The van der Waals surface area contributed by atoms with Gasteiger partial charge in [0, 0.05) is 18.7 Å². The lowest BCUT2D eigenvalue weighted by atomic mass is 10.2. The maximum absolute atomic E-state index is 12.6. The zero-order chi connectivity index (χ0) is 15.6. The average Bonchev–Trinajstić information content (AvgIpc) is 3.04. The van der Waals surface area contributed by atoms with Gasteiger partial charge < -0.3 is 5.11 Å². The Labute approximate surface area is 131 Å². The van der Waals surface area contributed by atoms with Gasteiger partial charge in [-0.05, 0) is 12.8 Å². The number of thiophene rings is 1. The molecular formula is C11H15ClN2O5S2. The fraction of sp³-hybridized carbons (Fsp3) is 0.636. The monoisotopic (exact) mass is 354 g/mol. The Morgan fingerprint density at radius 3 is 2.57 bits per heavy atom. The molecule has 0 bridgehead atoms. The SMILES string of the molecule is O=[N+]([O-])c1cc(S(=O)(=O)N(CCO)C2CCCC2)sc1Cl. The quantitative estimate of drug-likeness (QED) is 0.623. The first-order valence-corrected chi connectivity index (χ1v) is 9.08. The molecule has 1 heterocycles. The summed E-state index contributed by atoms with van der Waals surface area (Å²) in [6.07, 6.45) is 3.35. The topological polar surface area (TPSA) is 101 Å². The molecule has 0 aliphatic heterocycles. The van der Waals surface area contributed by atoms with Crippen LogP contribution in [0, 0.1) is 10.1 Å². The van der Waals surface area contributed by atoms with Crippen LogP contribution in [0.3, 0.4) is 0 Å². The summed E-state index contributed by atoms with van der Waals surface area (Å²) in [5, 5.41) is 19.9. The van der Waals surface area contributed by atoms with E-state index in [4.69, 9.17) is 16.7 Å². The van der Waals surface area contributed by atoms with Gasteiger partial charge in [0.15, 0.2) is 4.34 Å². The van der Waals surface area contributed by atoms with Crippen molar-refractivity contribution >= 4 is 38.6 Å². The van der Waals surface area contributed by atoms with E-state index in [0.29, 0.717) is 11.3 Å². The summed E-state index contributed by atoms with van der Waals surface area (Å²) in [5.74, 6) is 0. The molecule has 1 aliphatic rings. The van der Waals surface area contributed by atoms with Gasteiger partial charge in [-0.15, -0.1) is 11.3 Å². The van der Waals surface area contributed by atoms with Crippen LogP contribution in [0.5, 0.6) is 0 Å². The third kappa shape index (κ3) is 3.37. The van der Waals surface area contributed by atoms with E-state index in [9.17, 15) is 18.5 Å². The van der Waals surface area contributed by atoms with Crippen LogP contribution >= 0.6 is 22.9 Å². The van der Waals surface area contributed by atoms with E-state index in [1.165, 1.54) is 4.31 Å². The Balaban J connectivity index is 2.37. The van der Waals surface area contributed by atoms with Crippen molar-refractivity contribution in [2.24, 2.45) is 0 Å². The first-order chi connectivity index (χ1) is 9.87. The number of rotatable bonds is 6. The highest BCUT2D eigenvalue weighted by atomic mass is 35.5. The summed E-state index contributed by atoms with van der Waals surface area (Å²) in [5.41, 5.74) is -0.407. The summed E-state index contributed by atoms with van der Waals surface area (Å²) in [7, 11) is -3.88. The number of nitrogens with zero attached hydrogens (tertiary/aromatic N) is 2. The van der Waals surface area contributed by atoms with Crippen LogP contribution in [-0.4, -0.2) is 41.9 Å². The molecule has 7 nitrogen and oxygen atoms in total. The van der Waals surface area contributed by atoms with Gasteiger partial charge in [-0.3, -0.25) is 10.1 Å². The number of halogens is 1. The average molecular weight is 355 g/mol.